The molecular weight excluding hydrogens is 280 g/mol. The Labute approximate surface area is 118 Å². The van der Waals surface area contributed by atoms with Crippen LogP contribution in [0.1, 0.15) is 23.2 Å². The van der Waals surface area contributed by atoms with Gasteiger partial charge in [-0.15, -0.1) is 24.8 Å². The molecule has 1 atom stereocenters. The third kappa shape index (κ3) is 4.08. The summed E-state index contributed by atoms with van der Waals surface area (Å²) in [5, 5.41) is 0. The van der Waals surface area contributed by atoms with Crippen molar-refractivity contribution in [3.8, 4) is 0 Å². The van der Waals surface area contributed by atoms with Crippen molar-refractivity contribution in [1.82, 2.24) is 9.88 Å². The molecular formula is C11H16Cl2FN3O. The zero-order chi connectivity index (χ0) is 11.5. The zero-order valence-electron chi connectivity index (χ0n) is 9.71. The van der Waals surface area contributed by atoms with E-state index in [0.717, 1.165) is 19.0 Å². The van der Waals surface area contributed by atoms with E-state index >= 15 is 0 Å². The molecule has 1 amide bonds. The Morgan fingerprint density at radius 3 is 2.78 bits per heavy atom. The summed E-state index contributed by atoms with van der Waals surface area (Å²) in [4.78, 5) is 17.3. The lowest BCUT2D eigenvalue weighted by atomic mass is 10.1. The van der Waals surface area contributed by atoms with Gasteiger partial charge in [0, 0.05) is 25.3 Å². The van der Waals surface area contributed by atoms with E-state index in [1.165, 1.54) is 12.3 Å². The minimum atomic E-state index is -0.493. The normalized spacial score (nSPS) is 18.6. The van der Waals surface area contributed by atoms with Crippen molar-refractivity contribution in [2.24, 2.45) is 5.73 Å². The summed E-state index contributed by atoms with van der Waals surface area (Å²) in [5.41, 5.74) is 6.07. The van der Waals surface area contributed by atoms with Crippen molar-refractivity contribution in [3.05, 3.63) is 29.8 Å². The van der Waals surface area contributed by atoms with Crippen LogP contribution in [0.4, 0.5) is 4.39 Å². The first kappa shape index (κ1) is 17.1. The van der Waals surface area contributed by atoms with Crippen LogP contribution in [0.25, 0.3) is 0 Å². The fourth-order valence-electron chi connectivity index (χ4n) is 1.91. The first-order valence-electron chi connectivity index (χ1n) is 5.32. The molecule has 0 unspecified atom stereocenters. The topological polar surface area (TPSA) is 59.2 Å². The van der Waals surface area contributed by atoms with Crippen LogP contribution in [0.5, 0.6) is 0 Å². The van der Waals surface area contributed by atoms with Crippen molar-refractivity contribution in [3.63, 3.8) is 0 Å². The lowest BCUT2D eigenvalue weighted by Crippen LogP contribution is -2.45. The molecule has 2 heterocycles. The van der Waals surface area contributed by atoms with Gasteiger partial charge >= 0.3 is 0 Å². The van der Waals surface area contributed by atoms with E-state index in [4.69, 9.17) is 5.73 Å². The molecule has 2 rings (SSSR count). The standard InChI is InChI=1S/C11H14FN3O.2ClH/c12-9-4-8(5-14-6-9)11(16)15-3-1-2-10(13)7-15;;/h4-6,10H,1-3,7,13H2;2*1H/t10-;;/m1../s1. The molecule has 1 saturated heterocycles. The second-order valence-corrected chi connectivity index (χ2v) is 4.05. The number of halogens is 3. The maximum atomic E-state index is 12.9. The van der Waals surface area contributed by atoms with Crippen LogP contribution in [0.3, 0.4) is 0 Å². The summed E-state index contributed by atoms with van der Waals surface area (Å²) in [6, 6.07) is 1.23. The summed E-state index contributed by atoms with van der Waals surface area (Å²) in [7, 11) is 0. The number of pyridine rings is 1. The molecule has 102 valence electrons. The molecule has 1 aliphatic rings. The predicted octanol–water partition coefficient (Wildman–Crippen LogP) is 1.63. The van der Waals surface area contributed by atoms with Crippen molar-refractivity contribution >= 4 is 30.7 Å². The minimum Gasteiger partial charge on any atom is -0.337 e. The quantitative estimate of drug-likeness (QED) is 0.857. The molecule has 2 N–H and O–H groups in total. The molecule has 0 radical (unpaired) electrons. The van der Waals surface area contributed by atoms with Crippen LogP contribution in [0, 0.1) is 5.82 Å². The van der Waals surface area contributed by atoms with Gasteiger partial charge in [-0.2, -0.15) is 0 Å². The van der Waals surface area contributed by atoms with E-state index in [2.05, 4.69) is 4.98 Å². The molecule has 1 aromatic rings. The van der Waals surface area contributed by atoms with Crippen molar-refractivity contribution in [2.45, 2.75) is 18.9 Å². The van der Waals surface area contributed by atoms with Crippen LogP contribution in [0.15, 0.2) is 18.5 Å². The first-order valence-corrected chi connectivity index (χ1v) is 5.32. The fraction of sp³-hybridized carbons (Fsp3) is 0.455. The second-order valence-electron chi connectivity index (χ2n) is 4.05. The van der Waals surface area contributed by atoms with Gasteiger partial charge in [0.15, 0.2) is 0 Å². The van der Waals surface area contributed by atoms with Crippen molar-refractivity contribution in [2.75, 3.05) is 13.1 Å². The van der Waals surface area contributed by atoms with Gasteiger partial charge in [-0.05, 0) is 18.9 Å². The average molecular weight is 296 g/mol. The maximum Gasteiger partial charge on any atom is 0.255 e. The van der Waals surface area contributed by atoms with Crippen LogP contribution in [0.2, 0.25) is 0 Å². The van der Waals surface area contributed by atoms with Gasteiger partial charge in [0.05, 0.1) is 11.8 Å². The Balaban J connectivity index is 0.00000144. The molecule has 0 aliphatic carbocycles. The van der Waals surface area contributed by atoms with Crippen molar-refractivity contribution in [1.29, 1.82) is 0 Å². The number of nitrogens with two attached hydrogens (primary N) is 1. The average Bonchev–Trinajstić information content (AvgIpc) is 2.28. The number of carbonyl (C=O) groups excluding carboxylic acids is 1. The first-order chi connectivity index (χ1) is 7.66. The third-order valence-corrected chi connectivity index (χ3v) is 2.70. The Morgan fingerprint density at radius 2 is 2.17 bits per heavy atom. The number of aromatic nitrogens is 1. The number of hydrogen-bond donors (Lipinski definition) is 1. The molecule has 7 heteroatoms. The molecule has 4 nitrogen and oxygen atoms in total. The molecule has 0 saturated carbocycles. The van der Waals surface area contributed by atoms with E-state index in [1.54, 1.807) is 4.90 Å². The highest BCUT2D eigenvalue weighted by Gasteiger charge is 2.22. The number of rotatable bonds is 1. The lowest BCUT2D eigenvalue weighted by Gasteiger charge is -2.30. The number of hydrogen-bond acceptors (Lipinski definition) is 3. The number of amides is 1. The highest BCUT2D eigenvalue weighted by molar-refractivity contribution is 5.94. The Hall–Kier alpha value is -0.910. The van der Waals surface area contributed by atoms with Gasteiger partial charge in [0.25, 0.3) is 5.91 Å². The molecule has 0 aromatic carbocycles. The highest BCUT2D eigenvalue weighted by Crippen LogP contribution is 2.12. The monoisotopic (exact) mass is 295 g/mol. The number of nitrogens with zero attached hydrogens (tertiary/aromatic N) is 2. The smallest absolute Gasteiger partial charge is 0.255 e. The summed E-state index contributed by atoms with van der Waals surface area (Å²) in [5.74, 6) is -0.686. The van der Waals surface area contributed by atoms with Crippen LogP contribution >= 0.6 is 24.8 Å². The molecule has 18 heavy (non-hydrogen) atoms. The van der Waals surface area contributed by atoms with Gasteiger partial charge in [-0.1, -0.05) is 0 Å². The number of likely N-dealkylation sites (tertiary alicyclic amines) is 1. The van der Waals surface area contributed by atoms with Gasteiger partial charge < -0.3 is 10.6 Å². The molecule has 0 bridgehead atoms. The molecule has 1 aliphatic heterocycles. The lowest BCUT2D eigenvalue weighted by molar-refractivity contribution is 0.0708. The van der Waals surface area contributed by atoms with Gasteiger partial charge in [0.1, 0.15) is 5.82 Å². The van der Waals surface area contributed by atoms with Gasteiger partial charge in [-0.25, -0.2) is 4.39 Å². The van der Waals surface area contributed by atoms with Crippen LogP contribution in [-0.4, -0.2) is 34.9 Å². The van der Waals surface area contributed by atoms with Gasteiger partial charge in [-0.3, -0.25) is 9.78 Å². The molecule has 0 spiro atoms. The third-order valence-electron chi connectivity index (χ3n) is 2.70. The highest BCUT2D eigenvalue weighted by atomic mass is 35.5. The Bertz CT molecular complexity index is 406. The van der Waals surface area contributed by atoms with E-state index in [-0.39, 0.29) is 42.3 Å². The van der Waals surface area contributed by atoms with Crippen LogP contribution in [-0.2, 0) is 0 Å². The molecule has 1 aromatic heterocycles. The largest absolute Gasteiger partial charge is 0.337 e. The SMILES string of the molecule is Cl.Cl.N[C@@H]1CCCN(C(=O)c2cncc(F)c2)C1. The fourth-order valence-corrected chi connectivity index (χ4v) is 1.91. The van der Waals surface area contributed by atoms with E-state index in [9.17, 15) is 9.18 Å². The van der Waals surface area contributed by atoms with Crippen LogP contribution < -0.4 is 5.73 Å². The van der Waals surface area contributed by atoms with Crippen molar-refractivity contribution < 1.29 is 9.18 Å². The Morgan fingerprint density at radius 1 is 1.44 bits per heavy atom. The minimum absolute atomic E-state index is 0. The van der Waals surface area contributed by atoms with Gasteiger partial charge in [0.2, 0.25) is 0 Å². The summed E-state index contributed by atoms with van der Waals surface area (Å²) < 4.78 is 12.9. The van der Waals surface area contributed by atoms with E-state index < -0.39 is 5.82 Å². The van der Waals surface area contributed by atoms with E-state index in [1.807, 2.05) is 0 Å². The Kier molecular flexibility index (Phi) is 7.13. The predicted molar refractivity (Wildman–Crippen MR) is 71.8 cm³/mol. The second kappa shape index (κ2) is 7.51. The summed E-state index contributed by atoms with van der Waals surface area (Å²) in [6.07, 6.45) is 4.30. The van der Waals surface area contributed by atoms with E-state index in [0.29, 0.717) is 13.1 Å². The summed E-state index contributed by atoms with van der Waals surface area (Å²) in [6.45, 7) is 1.22. The molecule has 1 fully saturated rings. The number of piperidine rings is 1. The zero-order valence-corrected chi connectivity index (χ0v) is 11.3. The number of carbonyl (C=O) groups is 1. The maximum absolute atomic E-state index is 12.9. The summed E-state index contributed by atoms with van der Waals surface area (Å²) >= 11 is 0.